The lowest BCUT2D eigenvalue weighted by atomic mass is 9.93. The van der Waals surface area contributed by atoms with Crippen LogP contribution in [0.1, 0.15) is 28.0 Å². The molecule has 1 saturated heterocycles. The van der Waals surface area contributed by atoms with Gasteiger partial charge in [0.15, 0.2) is 0 Å². The fraction of sp³-hybridized carbons (Fsp3) is 0.238. The van der Waals surface area contributed by atoms with Crippen LogP contribution in [0.5, 0.6) is 0 Å². The summed E-state index contributed by atoms with van der Waals surface area (Å²) in [5.74, 6) is -0.464. The minimum Gasteiger partial charge on any atom is -0.383 e. The van der Waals surface area contributed by atoms with E-state index in [0.29, 0.717) is 24.1 Å². The summed E-state index contributed by atoms with van der Waals surface area (Å²) in [5.41, 5.74) is 1.85. The number of nitrogens with zero attached hydrogens (tertiary/aromatic N) is 2. The van der Waals surface area contributed by atoms with Crippen LogP contribution in [0, 0.1) is 12.7 Å². The Hall–Kier alpha value is -2.79. The molecule has 5 heteroatoms. The maximum atomic E-state index is 13.1. The monoisotopic (exact) mass is 350 g/mol. The molecule has 26 heavy (non-hydrogen) atoms. The zero-order chi connectivity index (χ0) is 18.3. The summed E-state index contributed by atoms with van der Waals surface area (Å²) in [4.78, 5) is 19.0. The van der Waals surface area contributed by atoms with Crippen LogP contribution >= 0.6 is 0 Å². The maximum absolute atomic E-state index is 13.1. The van der Waals surface area contributed by atoms with Crippen molar-refractivity contribution < 1.29 is 14.3 Å². The van der Waals surface area contributed by atoms with E-state index in [9.17, 15) is 14.3 Å². The molecule has 1 atom stereocenters. The summed E-state index contributed by atoms with van der Waals surface area (Å²) in [6.07, 6.45) is 0.429. The maximum Gasteiger partial charge on any atom is 0.253 e. The Balaban J connectivity index is 1.57. The zero-order valence-corrected chi connectivity index (χ0v) is 14.4. The van der Waals surface area contributed by atoms with Gasteiger partial charge < -0.3 is 10.0 Å². The second kappa shape index (κ2) is 6.18. The highest BCUT2D eigenvalue weighted by Gasteiger charge is 2.39. The lowest BCUT2D eigenvalue weighted by molar-refractivity contribution is 0.0417. The van der Waals surface area contributed by atoms with Gasteiger partial charge in [0.05, 0.1) is 12.1 Å². The van der Waals surface area contributed by atoms with Crippen LogP contribution < -0.4 is 0 Å². The van der Waals surface area contributed by atoms with E-state index in [1.165, 1.54) is 12.1 Å². The molecule has 0 spiro atoms. The van der Waals surface area contributed by atoms with E-state index < -0.39 is 5.60 Å². The molecular weight excluding hydrogens is 331 g/mol. The highest BCUT2D eigenvalue weighted by atomic mass is 19.1. The van der Waals surface area contributed by atoms with Crippen LogP contribution in [0.15, 0.2) is 54.6 Å². The number of hydrogen-bond donors (Lipinski definition) is 1. The Bertz CT molecular complexity index is 987. The number of aryl methyl sites for hydroxylation is 1. The average molecular weight is 350 g/mol. The van der Waals surface area contributed by atoms with Crippen LogP contribution in [0.25, 0.3) is 10.9 Å². The van der Waals surface area contributed by atoms with E-state index in [0.717, 1.165) is 16.6 Å². The number of carbonyl (C=O) groups excluding carboxylic acids is 1. The molecule has 1 fully saturated rings. The van der Waals surface area contributed by atoms with Crippen LogP contribution in [0.3, 0.4) is 0 Å². The highest BCUT2D eigenvalue weighted by molar-refractivity contribution is 5.98. The van der Waals surface area contributed by atoms with Crippen molar-refractivity contribution in [2.45, 2.75) is 18.9 Å². The number of hydrogen-bond acceptors (Lipinski definition) is 3. The van der Waals surface area contributed by atoms with Gasteiger partial charge in [0.2, 0.25) is 0 Å². The molecule has 4 rings (SSSR count). The van der Waals surface area contributed by atoms with Crippen molar-refractivity contribution >= 4 is 16.8 Å². The van der Waals surface area contributed by atoms with Gasteiger partial charge in [0, 0.05) is 23.2 Å². The van der Waals surface area contributed by atoms with Crippen LogP contribution in [-0.4, -0.2) is 34.0 Å². The molecule has 1 aromatic heterocycles. The molecule has 4 nitrogen and oxygen atoms in total. The third-order valence-corrected chi connectivity index (χ3v) is 4.99. The van der Waals surface area contributed by atoms with Crippen LogP contribution in [-0.2, 0) is 5.60 Å². The van der Waals surface area contributed by atoms with E-state index in [-0.39, 0.29) is 18.3 Å². The van der Waals surface area contributed by atoms with E-state index in [1.54, 1.807) is 23.1 Å². The summed E-state index contributed by atoms with van der Waals surface area (Å²) in [7, 11) is 0. The van der Waals surface area contributed by atoms with Gasteiger partial charge in [0.25, 0.3) is 5.91 Å². The third-order valence-electron chi connectivity index (χ3n) is 4.99. The Kier molecular flexibility index (Phi) is 3.96. The number of β-amino-alcohol motifs (C(OH)–C–C–N with tert-alkyl or cyclic N) is 1. The first-order chi connectivity index (χ1) is 12.4. The Labute approximate surface area is 150 Å². The van der Waals surface area contributed by atoms with Crippen molar-refractivity contribution in [2.75, 3.05) is 13.1 Å². The normalized spacial score (nSPS) is 19.9. The smallest absolute Gasteiger partial charge is 0.253 e. The van der Waals surface area contributed by atoms with E-state index in [2.05, 4.69) is 4.98 Å². The second-order valence-electron chi connectivity index (χ2n) is 6.88. The second-order valence-corrected chi connectivity index (χ2v) is 6.88. The lowest BCUT2D eigenvalue weighted by Crippen LogP contribution is -2.34. The van der Waals surface area contributed by atoms with Gasteiger partial charge in [-0.2, -0.15) is 0 Å². The number of aromatic nitrogens is 1. The SMILES string of the molecule is Cc1ccc2cc(C(=O)N3CCC(O)(c4ccc(F)cc4)C3)ccc2n1. The van der Waals surface area contributed by atoms with Crippen molar-refractivity contribution in [1.29, 1.82) is 0 Å². The van der Waals surface area contributed by atoms with Gasteiger partial charge >= 0.3 is 0 Å². The molecule has 0 aliphatic carbocycles. The van der Waals surface area contributed by atoms with Gasteiger partial charge in [-0.1, -0.05) is 18.2 Å². The molecule has 3 aromatic rings. The molecule has 0 radical (unpaired) electrons. The van der Waals surface area contributed by atoms with E-state index in [1.807, 2.05) is 31.2 Å². The summed E-state index contributed by atoms with van der Waals surface area (Å²) < 4.78 is 13.1. The number of pyridine rings is 1. The highest BCUT2D eigenvalue weighted by Crippen LogP contribution is 2.33. The van der Waals surface area contributed by atoms with Gasteiger partial charge in [-0.25, -0.2) is 4.39 Å². The number of likely N-dealkylation sites (tertiary alicyclic amines) is 1. The number of rotatable bonds is 2. The lowest BCUT2D eigenvalue weighted by Gasteiger charge is -2.24. The number of amides is 1. The average Bonchev–Trinajstić information content (AvgIpc) is 3.04. The molecule has 0 saturated carbocycles. The zero-order valence-electron chi connectivity index (χ0n) is 14.4. The first kappa shape index (κ1) is 16.7. The minimum atomic E-state index is -1.14. The third kappa shape index (κ3) is 2.95. The van der Waals surface area contributed by atoms with Gasteiger partial charge in [0.1, 0.15) is 11.4 Å². The molecule has 0 bridgehead atoms. The largest absolute Gasteiger partial charge is 0.383 e. The Morgan fingerprint density at radius 1 is 1.15 bits per heavy atom. The topological polar surface area (TPSA) is 53.4 Å². The molecule has 1 unspecified atom stereocenters. The van der Waals surface area contributed by atoms with Crippen molar-refractivity contribution in [3.05, 3.63) is 77.2 Å². The quantitative estimate of drug-likeness (QED) is 0.770. The van der Waals surface area contributed by atoms with E-state index >= 15 is 0 Å². The standard InChI is InChI=1S/C21H19FN2O2/c1-14-2-3-15-12-16(4-9-19(15)23-14)20(25)24-11-10-21(26,13-24)17-5-7-18(22)8-6-17/h2-9,12,26H,10-11,13H2,1H3. The van der Waals surface area contributed by atoms with Crippen molar-refractivity contribution in [2.24, 2.45) is 0 Å². The molecular formula is C21H19FN2O2. The van der Waals surface area contributed by atoms with Crippen LogP contribution in [0.2, 0.25) is 0 Å². The first-order valence-electron chi connectivity index (χ1n) is 8.60. The number of carbonyl (C=O) groups is 1. The molecule has 1 aliphatic heterocycles. The summed E-state index contributed by atoms with van der Waals surface area (Å²) in [6, 6.07) is 15.1. The molecule has 1 aliphatic rings. The van der Waals surface area contributed by atoms with Crippen molar-refractivity contribution in [3.63, 3.8) is 0 Å². The predicted octanol–water partition coefficient (Wildman–Crippen LogP) is 3.42. The van der Waals surface area contributed by atoms with Gasteiger partial charge in [-0.05, 0) is 55.3 Å². The molecule has 1 amide bonds. The molecule has 132 valence electrons. The number of fused-ring (bicyclic) bond motifs is 1. The molecule has 1 N–H and O–H groups in total. The number of aliphatic hydroxyl groups is 1. The predicted molar refractivity (Wildman–Crippen MR) is 97.3 cm³/mol. The first-order valence-corrected chi connectivity index (χ1v) is 8.60. The summed E-state index contributed by atoms with van der Waals surface area (Å²) >= 11 is 0. The Morgan fingerprint density at radius 2 is 1.92 bits per heavy atom. The van der Waals surface area contributed by atoms with Gasteiger partial charge in [-0.15, -0.1) is 0 Å². The summed E-state index contributed by atoms with van der Waals surface area (Å²) in [6.45, 7) is 2.58. The van der Waals surface area contributed by atoms with Crippen LogP contribution in [0.4, 0.5) is 4.39 Å². The summed E-state index contributed by atoms with van der Waals surface area (Å²) in [5, 5.41) is 11.8. The van der Waals surface area contributed by atoms with Gasteiger partial charge in [-0.3, -0.25) is 9.78 Å². The Morgan fingerprint density at radius 3 is 2.69 bits per heavy atom. The van der Waals surface area contributed by atoms with Crippen molar-refractivity contribution in [1.82, 2.24) is 9.88 Å². The fourth-order valence-electron chi connectivity index (χ4n) is 3.51. The van der Waals surface area contributed by atoms with E-state index in [4.69, 9.17) is 0 Å². The fourth-order valence-corrected chi connectivity index (χ4v) is 3.51. The molecule has 2 aromatic carbocycles. The molecule has 2 heterocycles. The van der Waals surface area contributed by atoms with Crippen molar-refractivity contribution in [3.8, 4) is 0 Å². The number of benzene rings is 2. The minimum absolute atomic E-state index is 0.120. The number of halogens is 1.